The summed E-state index contributed by atoms with van der Waals surface area (Å²) in [5, 5.41) is 4.11. The summed E-state index contributed by atoms with van der Waals surface area (Å²) < 4.78 is 10.4. The van der Waals surface area contributed by atoms with Crippen molar-refractivity contribution in [2.24, 2.45) is 0 Å². The van der Waals surface area contributed by atoms with E-state index in [1.807, 2.05) is 48.5 Å². The average molecular weight is 292 g/mol. The van der Waals surface area contributed by atoms with Crippen molar-refractivity contribution in [3.63, 3.8) is 0 Å². The van der Waals surface area contributed by atoms with Gasteiger partial charge in [-0.05, 0) is 35.9 Å². The molecule has 0 aliphatic rings. The Bertz CT molecular complexity index is 528. The second-order valence-corrected chi connectivity index (χ2v) is 4.72. The Morgan fingerprint density at radius 2 is 1.75 bits per heavy atom. The van der Waals surface area contributed by atoms with E-state index < -0.39 is 0 Å². The Kier molecular flexibility index (Phi) is 5.71. The first kappa shape index (κ1) is 14.7. The second-order valence-electron chi connectivity index (χ2n) is 4.31. The highest BCUT2D eigenvalue weighted by Crippen LogP contribution is 2.19. The van der Waals surface area contributed by atoms with Crippen LogP contribution in [0, 0.1) is 0 Å². The average Bonchev–Trinajstić information content (AvgIpc) is 2.48. The molecule has 0 heterocycles. The fraction of sp³-hybridized carbons (Fsp3) is 0.250. The van der Waals surface area contributed by atoms with Gasteiger partial charge in [0.25, 0.3) is 0 Å². The standard InChI is InChI=1S/C16H18ClNO2/c1-19-10-11-20-15-8-6-14(7-9-15)18-12-13-4-2-3-5-16(13)17/h2-9,18H,10-12H2,1H3. The Hall–Kier alpha value is -1.71. The minimum atomic E-state index is 0.558. The van der Waals surface area contributed by atoms with Crippen LogP contribution in [0.5, 0.6) is 5.75 Å². The summed E-state index contributed by atoms with van der Waals surface area (Å²) >= 11 is 6.11. The van der Waals surface area contributed by atoms with Crippen molar-refractivity contribution >= 4 is 17.3 Å². The van der Waals surface area contributed by atoms with Crippen LogP contribution in [0.15, 0.2) is 48.5 Å². The van der Waals surface area contributed by atoms with Crippen LogP contribution in [0.3, 0.4) is 0 Å². The van der Waals surface area contributed by atoms with Crippen LogP contribution >= 0.6 is 11.6 Å². The van der Waals surface area contributed by atoms with Crippen LogP contribution in [0.1, 0.15) is 5.56 Å². The molecule has 0 radical (unpaired) electrons. The molecular formula is C16H18ClNO2. The van der Waals surface area contributed by atoms with Gasteiger partial charge >= 0.3 is 0 Å². The largest absolute Gasteiger partial charge is 0.491 e. The minimum Gasteiger partial charge on any atom is -0.491 e. The molecule has 0 aliphatic carbocycles. The zero-order valence-electron chi connectivity index (χ0n) is 11.4. The summed E-state index contributed by atoms with van der Waals surface area (Å²) in [5.74, 6) is 0.838. The molecular weight excluding hydrogens is 274 g/mol. The molecule has 0 spiro atoms. The monoisotopic (exact) mass is 291 g/mol. The number of hydrogen-bond acceptors (Lipinski definition) is 3. The maximum Gasteiger partial charge on any atom is 0.119 e. The van der Waals surface area contributed by atoms with Crippen LogP contribution in [0.2, 0.25) is 5.02 Å². The van der Waals surface area contributed by atoms with Crippen LogP contribution in [0.25, 0.3) is 0 Å². The summed E-state index contributed by atoms with van der Waals surface area (Å²) in [5.41, 5.74) is 2.11. The van der Waals surface area contributed by atoms with E-state index in [2.05, 4.69) is 5.32 Å². The lowest BCUT2D eigenvalue weighted by Gasteiger charge is -2.09. The molecule has 0 saturated heterocycles. The molecule has 0 bridgehead atoms. The highest BCUT2D eigenvalue weighted by molar-refractivity contribution is 6.31. The van der Waals surface area contributed by atoms with E-state index in [9.17, 15) is 0 Å². The maximum absolute atomic E-state index is 6.11. The van der Waals surface area contributed by atoms with Crippen LogP contribution < -0.4 is 10.1 Å². The van der Waals surface area contributed by atoms with Crippen molar-refractivity contribution in [3.05, 3.63) is 59.1 Å². The molecule has 0 amide bonds. The van der Waals surface area contributed by atoms with Gasteiger partial charge in [-0.25, -0.2) is 0 Å². The van der Waals surface area contributed by atoms with Crippen LogP contribution in [0.4, 0.5) is 5.69 Å². The van der Waals surface area contributed by atoms with E-state index in [0.29, 0.717) is 19.8 Å². The molecule has 3 nitrogen and oxygen atoms in total. The van der Waals surface area contributed by atoms with Gasteiger partial charge < -0.3 is 14.8 Å². The SMILES string of the molecule is COCCOc1ccc(NCc2ccccc2Cl)cc1. The smallest absolute Gasteiger partial charge is 0.119 e. The first-order valence-electron chi connectivity index (χ1n) is 6.48. The summed E-state index contributed by atoms with van der Waals surface area (Å²) in [6.45, 7) is 1.85. The Morgan fingerprint density at radius 3 is 2.45 bits per heavy atom. The van der Waals surface area contributed by atoms with Gasteiger partial charge in [-0.1, -0.05) is 29.8 Å². The van der Waals surface area contributed by atoms with Gasteiger partial charge in [-0.2, -0.15) is 0 Å². The predicted octanol–water partition coefficient (Wildman–Crippen LogP) is 3.98. The fourth-order valence-corrected chi connectivity index (χ4v) is 1.95. The summed E-state index contributed by atoms with van der Waals surface area (Å²) in [7, 11) is 1.66. The van der Waals surface area contributed by atoms with Gasteiger partial charge in [0.05, 0.1) is 6.61 Å². The normalized spacial score (nSPS) is 10.3. The number of anilines is 1. The third-order valence-electron chi connectivity index (χ3n) is 2.85. The molecule has 4 heteroatoms. The zero-order chi connectivity index (χ0) is 14.2. The van der Waals surface area contributed by atoms with Gasteiger partial charge in [0.15, 0.2) is 0 Å². The number of rotatable bonds is 7. The van der Waals surface area contributed by atoms with E-state index in [4.69, 9.17) is 21.1 Å². The highest BCUT2D eigenvalue weighted by Gasteiger charge is 1.99. The lowest BCUT2D eigenvalue weighted by Crippen LogP contribution is -2.04. The fourth-order valence-electron chi connectivity index (χ4n) is 1.75. The number of halogens is 1. The lowest BCUT2D eigenvalue weighted by atomic mass is 10.2. The number of nitrogens with one attached hydrogen (secondary N) is 1. The summed E-state index contributed by atoms with van der Waals surface area (Å²) in [4.78, 5) is 0. The first-order valence-corrected chi connectivity index (χ1v) is 6.86. The zero-order valence-corrected chi connectivity index (χ0v) is 12.2. The van der Waals surface area contributed by atoms with Gasteiger partial charge in [0.2, 0.25) is 0 Å². The lowest BCUT2D eigenvalue weighted by molar-refractivity contribution is 0.146. The topological polar surface area (TPSA) is 30.5 Å². The summed E-state index contributed by atoms with van der Waals surface area (Å²) in [6.07, 6.45) is 0. The Balaban J connectivity index is 1.86. The van der Waals surface area contributed by atoms with Crippen LogP contribution in [-0.2, 0) is 11.3 Å². The van der Waals surface area contributed by atoms with Crippen molar-refractivity contribution in [3.8, 4) is 5.75 Å². The molecule has 0 saturated carbocycles. The highest BCUT2D eigenvalue weighted by atomic mass is 35.5. The van der Waals surface area contributed by atoms with Crippen molar-refractivity contribution < 1.29 is 9.47 Å². The van der Waals surface area contributed by atoms with Crippen molar-refractivity contribution in [1.82, 2.24) is 0 Å². The van der Waals surface area contributed by atoms with Gasteiger partial charge in [0.1, 0.15) is 12.4 Å². The Labute approximate surface area is 124 Å². The Morgan fingerprint density at radius 1 is 1.00 bits per heavy atom. The molecule has 2 aromatic carbocycles. The van der Waals surface area contributed by atoms with E-state index >= 15 is 0 Å². The summed E-state index contributed by atoms with van der Waals surface area (Å²) in [6, 6.07) is 15.7. The minimum absolute atomic E-state index is 0.558. The molecule has 20 heavy (non-hydrogen) atoms. The number of ether oxygens (including phenoxy) is 2. The second kappa shape index (κ2) is 7.78. The third-order valence-corrected chi connectivity index (χ3v) is 3.22. The van der Waals surface area contributed by atoms with Crippen LogP contribution in [-0.4, -0.2) is 20.3 Å². The molecule has 0 aromatic heterocycles. The van der Waals surface area contributed by atoms with Crippen molar-refractivity contribution in [2.45, 2.75) is 6.54 Å². The van der Waals surface area contributed by atoms with E-state index in [-0.39, 0.29) is 0 Å². The van der Waals surface area contributed by atoms with E-state index in [1.54, 1.807) is 7.11 Å². The first-order chi connectivity index (χ1) is 9.79. The third kappa shape index (κ3) is 4.44. The quantitative estimate of drug-likeness (QED) is 0.783. The van der Waals surface area contributed by atoms with Crippen molar-refractivity contribution in [1.29, 1.82) is 0 Å². The number of hydrogen-bond donors (Lipinski definition) is 1. The molecule has 1 N–H and O–H groups in total. The predicted molar refractivity (Wildman–Crippen MR) is 82.6 cm³/mol. The molecule has 2 aromatic rings. The molecule has 0 fully saturated rings. The van der Waals surface area contributed by atoms with Gasteiger partial charge in [-0.15, -0.1) is 0 Å². The molecule has 106 valence electrons. The van der Waals surface area contributed by atoms with Gasteiger partial charge in [0, 0.05) is 24.4 Å². The molecule has 0 unspecified atom stereocenters. The molecule has 0 aliphatic heterocycles. The molecule has 2 rings (SSSR count). The molecule has 0 atom stereocenters. The number of methoxy groups -OCH3 is 1. The maximum atomic E-state index is 6.11. The number of benzene rings is 2. The van der Waals surface area contributed by atoms with Crippen molar-refractivity contribution in [2.75, 3.05) is 25.6 Å². The van der Waals surface area contributed by atoms with E-state index in [0.717, 1.165) is 22.0 Å². The van der Waals surface area contributed by atoms with E-state index in [1.165, 1.54) is 0 Å². The van der Waals surface area contributed by atoms with Gasteiger partial charge in [-0.3, -0.25) is 0 Å².